The van der Waals surface area contributed by atoms with Gasteiger partial charge in [0.1, 0.15) is 6.23 Å². The van der Waals surface area contributed by atoms with Gasteiger partial charge in [0.15, 0.2) is 0 Å². The van der Waals surface area contributed by atoms with Crippen LogP contribution in [0.25, 0.3) is 0 Å². The second-order valence-electron chi connectivity index (χ2n) is 4.80. The first-order valence-corrected chi connectivity index (χ1v) is 6.12. The molecule has 0 unspecified atom stereocenters. The lowest BCUT2D eigenvalue weighted by Crippen LogP contribution is -2.38. The molecule has 1 aliphatic rings. The fourth-order valence-electron chi connectivity index (χ4n) is 2.51. The molecule has 1 fully saturated rings. The summed E-state index contributed by atoms with van der Waals surface area (Å²) in [7, 11) is 0. The topological polar surface area (TPSA) is 84.3 Å². The molecule has 0 amide bonds. The molecule has 0 aromatic carbocycles. The molecular weight excluding hydrogens is 236 g/mol. The molecule has 2 heterocycles. The van der Waals surface area contributed by atoms with Gasteiger partial charge in [-0.3, -0.25) is 14.3 Å². The smallest absolute Gasteiger partial charge is 0.330 e. The van der Waals surface area contributed by atoms with E-state index < -0.39 is 23.1 Å². The van der Waals surface area contributed by atoms with Gasteiger partial charge in [-0.2, -0.15) is 0 Å². The number of hydrogen-bond donors (Lipinski definition) is 2. The first-order valence-electron chi connectivity index (χ1n) is 6.12. The minimum Gasteiger partial charge on any atom is -0.393 e. The molecule has 0 spiro atoms. The van der Waals surface area contributed by atoms with Crippen LogP contribution in [0.2, 0.25) is 0 Å². The van der Waals surface area contributed by atoms with Crippen LogP contribution in [0.3, 0.4) is 0 Å². The lowest BCUT2D eigenvalue weighted by atomic mass is 9.87. The lowest BCUT2D eigenvalue weighted by Gasteiger charge is -2.29. The van der Waals surface area contributed by atoms with Crippen molar-refractivity contribution in [3.63, 3.8) is 0 Å². The van der Waals surface area contributed by atoms with Crippen LogP contribution in [-0.2, 0) is 4.74 Å². The molecule has 6 nitrogen and oxygen atoms in total. The molecule has 1 aromatic heterocycles. The zero-order valence-corrected chi connectivity index (χ0v) is 10.5. The summed E-state index contributed by atoms with van der Waals surface area (Å²) in [6.45, 7) is 3.88. The van der Waals surface area contributed by atoms with Crippen molar-refractivity contribution >= 4 is 0 Å². The molecule has 0 aliphatic carbocycles. The van der Waals surface area contributed by atoms with Gasteiger partial charge in [-0.1, -0.05) is 13.8 Å². The Labute approximate surface area is 104 Å². The van der Waals surface area contributed by atoms with Crippen molar-refractivity contribution in [3.05, 3.63) is 33.1 Å². The summed E-state index contributed by atoms with van der Waals surface area (Å²) in [4.78, 5) is 24.9. The number of ether oxygens (including phenoxy) is 1. The maximum absolute atomic E-state index is 11.7. The highest BCUT2D eigenvalue weighted by atomic mass is 16.5. The molecule has 3 atom stereocenters. The molecule has 1 aromatic rings. The summed E-state index contributed by atoms with van der Waals surface area (Å²) in [6.07, 6.45) is 2.32. The molecular formula is C12H18N2O4. The van der Waals surface area contributed by atoms with Crippen LogP contribution in [0.5, 0.6) is 0 Å². The highest BCUT2D eigenvalue weighted by Crippen LogP contribution is 2.42. The van der Waals surface area contributed by atoms with E-state index in [2.05, 4.69) is 4.98 Å². The fourth-order valence-corrected chi connectivity index (χ4v) is 2.51. The highest BCUT2D eigenvalue weighted by molar-refractivity contribution is 4.94. The molecule has 0 saturated carbocycles. The van der Waals surface area contributed by atoms with Crippen LogP contribution < -0.4 is 11.2 Å². The van der Waals surface area contributed by atoms with Gasteiger partial charge in [-0.25, -0.2) is 4.79 Å². The van der Waals surface area contributed by atoms with E-state index in [0.29, 0.717) is 12.8 Å². The Balaban J connectivity index is 2.32. The Morgan fingerprint density at radius 2 is 2.33 bits per heavy atom. The van der Waals surface area contributed by atoms with Crippen molar-refractivity contribution in [1.82, 2.24) is 9.55 Å². The van der Waals surface area contributed by atoms with E-state index in [1.54, 1.807) is 0 Å². The number of aromatic nitrogens is 2. The number of rotatable bonds is 3. The van der Waals surface area contributed by atoms with E-state index in [9.17, 15) is 14.7 Å². The fraction of sp³-hybridized carbons (Fsp3) is 0.667. The van der Waals surface area contributed by atoms with Crippen molar-refractivity contribution in [1.29, 1.82) is 0 Å². The van der Waals surface area contributed by atoms with E-state index in [4.69, 9.17) is 4.74 Å². The summed E-state index contributed by atoms with van der Waals surface area (Å²) >= 11 is 0. The van der Waals surface area contributed by atoms with Crippen LogP contribution in [-0.4, -0.2) is 26.9 Å². The third-order valence-electron chi connectivity index (χ3n) is 3.85. The summed E-state index contributed by atoms with van der Waals surface area (Å²) < 4.78 is 7.22. The molecule has 0 bridgehead atoms. The molecule has 1 aliphatic heterocycles. The second kappa shape index (κ2) is 4.70. The molecule has 18 heavy (non-hydrogen) atoms. The number of nitrogens with zero attached hydrogens (tertiary/aromatic N) is 1. The molecule has 100 valence electrons. The molecule has 2 N–H and O–H groups in total. The van der Waals surface area contributed by atoms with E-state index in [-0.39, 0.29) is 12.5 Å². The summed E-state index contributed by atoms with van der Waals surface area (Å²) in [5.41, 5.74) is -1.50. The zero-order valence-electron chi connectivity index (χ0n) is 10.5. The van der Waals surface area contributed by atoms with Crippen molar-refractivity contribution in [2.24, 2.45) is 5.92 Å². The average Bonchev–Trinajstić information content (AvgIpc) is 2.67. The SMILES string of the molecule is CC[C@@]1(CO)O[C@@H](n2ccc(=O)[nH]c2=O)C[C@@H]1C. The minimum absolute atomic E-state index is 0.0702. The predicted octanol–water partition coefficient (Wildman–Crippen LogP) is 0.233. The van der Waals surface area contributed by atoms with E-state index in [1.807, 2.05) is 13.8 Å². The van der Waals surface area contributed by atoms with Gasteiger partial charge in [-0.05, 0) is 18.8 Å². The monoisotopic (exact) mass is 254 g/mol. The average molecular weight is 254 g/mol. The van der Waals surface area contributed by atoms with Crippen LogP contribution >= 0.6 is 0 Å². The molecule has 6 heteroatoms. The van der Waals surface area contributed by atoms with Crippen molar-refractivity contribution < 1.29 is 9.84 Å². The van der Waals surface area contributed by atoms with Crippen LogP contribution in [0.4, 0.5) is 0 Å². The first kappa shape index (κ1) is 13.0. The highest BCUT2D eigenvalue weighted by Gasteiger charge is 2.45. The minimum atomic E-state index is -0.597. The number of hydrogen-bond acceptors (Lipinski definition) is 4. The third-order valence-corrected chi connectivity index (χ3v) is 3.85. The van der Waals surface area contributed by atoms with Gasteiger partial charge < -0.3 is 9.84 Å². The normalized spacial score (nSPS) is 31.7. The van der Waals surface area contributed by atoms with E-state index in [0.717, 1.165) is 0 Å². The molecule has 2 rings (SSSR count). The summed E-state index contributed by atoms with van der Waals surface area (Å²) in [6, 6.07) is 1.29. The molecule has 0 radical (unpaired) electrons. The zero-order chi connectivity index (χ0) is 13.3. The quantitative estimate of drug-likeness (QED) is 0.809. The predicted molar refractivity (Wildman–Crippen MR) is 65.3 cm³/mol. The standard InChI is InChI=1S/C12H18N2O4/c1-3-12(7-15)8(2)6-10(18-12)14-5-4-9(16)13-11(14)17/h4-5,8,10,15H,3,6-7H2,1-2H3,(H,13,16,17)/t8-,10+,12-/m0/s1. The number of nitrogens with one attached hydrogen (secondary N) is 1. The Morgan fingerprint density at radius 1 is 1.61 bits per heavy atom. The van der Waals surface area contributed by atoms with Crippen LogP contribution in [0.15, 0.2) is 21.9 Å². The van der Waals surface area contributed by atoms with Crippen molar-refractivity contribution in [2.75, 3.05) is 6.61 Å². The van der Waals surface area contributed by atoms with Gasteiger partial charge >= 0.3 is 5.69 Å². The van der Waals surface area contributed by atoms with Gasteiger partial charge in [-0.15, -0.1) is 0 Å². The largest absolute Gasteiger partial charge is 0.393 e. The maximum Gasteiger partial charge on any atom is 0.330 e. The summed E-state index contributed by atoms with van der Waals surface area (Å²) in [5, 5.41) is 9.49. The number of aromatic amines is 1. The van der Waals surface area contributed by atoms with Gasteiger partial charge in [0, 0.05) is 12.3 Å². The first-order chi connectivity index (χ1) is 8.52. The van der Waals surface area contributed by atoms with E-state index in [1.165, 1.54) is 16.8 Å². The van der Waals surface area contributed by atoms with Gasteiger partial charge in [0.2, 0.25) is 0 Å². The molecule has 1 saturated heterocycles. The number of H-pyrrole nitrogens is 1. The van der Waals surface area contributed by atoms with Crippen molar-refractivity contribution in [2.45, 2.75) is 38.5 Å². The van der Waals surface area contributed by atoms with Crippen LogP contribution in [0, 0.1) is 5.92 Å². The Hall–Kier alpha value is -1.40. The van der Waals surface area contributed by atoms with Crippen molar-refractivity contribution in [3.8, 4) is 0 Å². The van der Waals surface area contributed by atoms with Gasteiger partial charge in [0.05, 0.1) is 12.2 Å². The maximum atomic E-state index is 11.7. The summed E-state index contributed by atoms with van der Waals surface area (Å²) in [5.74, 6) is 0.149. The Kier molecular flexibility index (Phi) is 3.41. The number of aliphatic hydroxyl groups is 1. The lowest BCUT2D eigenvalue weighted by molar-refractivity contribution is -0.113. The van der Waals surface area contributed by atoms with Gasteiger partial charge in [0.25, 0.3) is 5.56 Å². The number of aliphatic hydroxyl groups excluding tert-OH is 1. The van der Waals surface area contributed by atoms with Crippen LogP contribution in [0.1, 0.15) is 32.9 Å². The Bertz CT molecular complexity index is 529. The Morgan fingerprint density at radius 3 is 2.83 bits per heavy atom. The second-order valence-corrected chi connectivity index (χ2v) is 4.80. The third kappa shape index (κ3) is 2.02. The van der Waals surface area contributed by atoms with E-state index >= 15 is 0 Å².